The molecule has 0 heterocycles. The van der Waals surface area contributed by atoms with Crippen molar-refractivity contribution in [2.45, 2.75) is 53.4 Å². The van der Waals surface area contributed by atoms with Gasteiger partial charge in [0.05, 0.1) is 5.69 Å². The summed E-state index contributed by atoms with van der Waals surface area (Å²) in [6, 6.07) is 7.06. The summed E-state index contributed by atoms with van der Waals surface area (Å²) < 4.78 is 0. The molecule has 0 aromatic heterocycles. The van der Waals surface area contributed by atoms with Crippen LogP contribution in [0.25, 0.3) is 0 Å². The molecule has 1 N–H and O–H groups in total. The van der Waals surface area contributed by atoms with Crippen LogP contribution in [0.15, 0.2) is 24.3 Å². The summed E-state index contributed by atoms with van der Waals surface area (Å²) >= 11 is 0. The van der Waals surface area contributed by atoms with Crippen LogP contribution in [0.1, 0.15) is 52.5 Å². The van der Waals surface area contributed by atoms with Gasteiger partial charge in [0.1, 0.15) is 0 Å². The number of hydrogen-bond donors (Lipinski definition) is 1. The van der Waals surface area contributed by atoms with E-state index in [1.807, 2.05) is 26.0 Å². The van der Waals surface area contributed by atoms with E-state index < -0.39 is 5.97 Å². The van der Waals surface area contributed by atoms with Crippen LogP contribution >= 0.6 is 0 Å². The van der Waals surface area contributed by atoms with Gasteiger partial charge in [-0.1, -0.05) is 32.9 Å². The summed E-state index contributed by atoms with van der Waals surface area (Å²) in [6.45, 7) is 7.06. The second kappa shape index (κ2) is 10.5. The number of aliphatic carboxylic acids is 1. The highest BCUT2D eigenvalue weighted by atomic mass is 16.4. The summed E-state index contributed by atoms with van der Waals surface area (Å²) in [7, 11) is 0. The Morgan fingerprint density at radius 1 is 1.09 bits per heavy atom. The van der Waals surface area contributed by atoms with Crippen LogP contribution in [0.4, 0.5) is 5.69 Å². The van der Waals surface area contributed by atoms with Crippen molar-refractivity contribution in [1.29, 1.82) is 0 Å². The van der Waals surface area contributed by atoms with E-state index in [-0.39, 0.29) is 24.7 Å². The van der Waals surface area contributed by atoms with Crippen molar-refractivity contribution in [3.63, 3.8) is 0 Å². The third-order valence-corrected chi connectivity index (χ3v) is 2.92. The average molecular weight is 307 g/mol. The highest BCUT2D eigenvalue weighted by Gasteiger charge is 2.17. The summed E-state index contributed by atoms with van der Waals surface area (Å²) in [5.41, 5.74) is 1.54. The van der Waals surface area contributed by atoms with Crippen molar-refractivity contribution in [1.82, 2.24) is 0 Å². The van der Waals surface area contributed by atoms with Crippen molar-refractivity contribution in [3.8, 4) is 0 Å². The molecule has 0 unspecified atom stereocenters. The molecule has 0 saturated carbocycles. The van der Waals surface area contributed by atoms with Gasteiger partial charge >= 0.3 is 5.97 Å². The van der Waals surface area contributed by atoms with Crippen molar-refractivity contribution < 1.29 is 19.5 Å². The van der Waals surface area contributed by atoms with Crippen LogP contribution < -0.4 is 4.90 Å². The lowest BCUT2D eigenvalue weighted by Gasteiger charge is -2.18. The smallest absolute Gasteiger partial charge is 0.303 e. The monoisotopic (exact) mass is 307 g/mol. The molecule has 122 valence electrons. The molecular weight excluding hydrogens is 282 g/mol. The molecule has 1 aromatic carbocycles. The lowest BCUT2D eigenvalue weighted by molar-refractivity contribution is -0.137. The van der Waals surface area contributed by atoms with E-state index in [9.17, 15) is 14.4 Å². The average Bonchev–Trinajstić information content (AvgIpc) is 2.50. The maximum absolute atomic E-state index is 11.7. The van der Waals surface area contributed by atoms with E-state index in [0.29, 0.717) is 18.5 Å². The van der Waals surface area contributed by atoms with Gasteiger partial charge < -0.3 is 5.11 Å². The number of amides is 2. The summed E-state index contributed by atoms with van der Waals surface area (Å²) in [5.74, 6) is -1.36. The van der Waals surface area contributed by atoms with Crippen molar-refractivity contribution in [2.24, 2.45) is 0 Å². The number of benzene rings is 1. The Morgan fingerprint density at radius 2 is 1.64 bits per heavy atom. The van der Waals surface area contributed by atoms with Gasteiger partial charge in [-0.2, -0.15) is 0 Å². The Labute approximate surface area is 131 Å². The fourth-order valence-electron chi connectivity index (χ4n) is 1.91. The molecule has 1 aromatic rings. The summed E-state index contributed by atoms with van der Waals surface area (Å²) in [6.07, 6.45) is 1.63. The molecule has 22 heavy (non-hydrogen) atoms. The maximum Gasteiger partial charge on any atom is 0.303 e. The second-order valence-electron chi connectivity index (χ2n) is 4.52. The largest absolute Gasteiger partial charge is 0.481 e. The van der Waals surface area contributed by atoms with Crippen LogP contribution in [0, 0.1) is 0 Å². The molecule has 1 rings (SSSR count). The number of imide groups is 1. The normalized spacial score (nSPS) is 9.45. The van der Waals surface area contributed by atoms with E-state index in [0.717, 1.165) is 10.5 Å². The third-order valence-electron chi connectivity index (χ3n) is 2.92. The number of carbonyl (C=O) groups excluding carboxylic acids is 2. The number of rotatable bonds is 6. The molecule has 2 amide bonds. The highest BCUT2D eigenvalue weighted by molar-refractivity contribution is 6.13. The first-order chi connectivity index (χ1) is 10.5. The van der Waals surface area contributed by atoms with Crippen LogP contribution in [0.3, 0.4) is 0 Å². The number of carboxylic acids is 1. The van der Waals surface area contributed by atoms with Crippen LogP contribution in [0.2, 0.25) is 0 Å². The topological polar surface area (TPSA) is 74.7 Å². The van der Waals surface area contributed by atoms with Crippen LogP contribution in [-0.2, 0) is 20.8 Å². The van der Waals surface area contributed by atoms with Crippen molar-refractivity contribution >= 4 is 23.5 Å². The number of carboxylic acid groups (broad SMARTS) is 1. The first kappa shape index (κ1) is 19.8. The van der Waals surface area contributed by atoms with Gasteiger partial charge in [0, 0.05) is 19.8 Å². The Morgan fingerprint density at radius 3 is 2.05 bits per heavy atom. The molecule has 0 bridgehead atoms. The minimum Gasteiger partial charge on any atom is -0.481 e. The molecule has 5 nitrogen and oxygen atoms in total. The molecule has 0 aliphatic heterocycles. The zero-order valence-electron chi connectivity index (χ0n) is 13.8. The number of hydrogen-bond acceptors (Lipinski definition) is 3. The molecule has 5 heteroatoms. The second-order valence-corrected chi connectivity index (χ2v) is 4.52. The number of anilines is 1. The van der Waals surface area contributed by atoms with E-state index >= 15 is 0 Å². The van der Waals surface area contributed by atoms with E-state index in [2.05, 4.69) is 0 Å². The van der Waals surface area contributed by atoms with Crippen molar-refractivity contribution in [3.05, 3.63) is 29.8 Å². The third kappa shape index (κ3) is 6.52. The van der Waals surface area contributed by atoms with Gasteiger partial charge in [-0.25, -0.2) is 0 Å². The van der Waals surface area contributed by atoms with Gasteiger partial charge in [-0.3, -0.25) is 19.3 Å². The molecule has 0 fully saturated rings. The SMILES string of the molecule is CC.CCC(=O)N(C(C)=O)c1ccc(CCCC(=O)O)cc1. The maximum atomic E-state index is 11.7. The fourth-order valence-corrected chi connectivity index (χ4v) is 1.91. The zero-order chi connectivity index (χ0) is 17.1. The predicted molar refractivity (Wildman–Crippen MR) is 86.8 cm³/mol. The van der Waals surface area contributed by atoms with E-state index in [1.165, 1.54) is 6.92 Å². The molecule has 0 saturated heterocycles. The van der Waals surface area contributed by atoms with Crippen LogP contribution in [0.5, 0.6) is 0 Å². The molecule has 0 atom stereocenters. The first-order valence-corrected chi connectivity index (χ1v) is 7.60. The molecule has 0 aliphatic carbocycles. The van der Waals surface area contributed by atoms with Gasteiger partial charge in [0.15, 0.2) is 0 Å². The Balaban J connectivity index is 0.00000211. The minimum atomic E-state index is -0.807. The molecule has 0 spiro atoms. The lowest BCUT2D eigenvalue weighted by atomic mass is 10.1. The number of nitrogens with zero attached hydrogens (tertiary/aromatic N) is 1. The fraction of sp³-hybridized carbons (Fsp3) is 0.471. The van der Waals surface area contributed by atoms with Crippen molar-refractivity contribution in [2.75, 3.05) is 4.90 Å². The van der Waals surface area contributed by atoms with Gasteiger partial charge in [0.2, 0.25) is 11.8 Å². The highest BCUT2D eigenvalue weighted by Crippen LogP contribution is 2.18. The molecule has 0 radical (unpaired) electrons. The lowest BCUT2D eigenvalue weighted by Crippen LogP contribution is -2.34. The zero-order valence-corrected chi connectivity index (χ0v) is 13.8. The van der Waals surface area contributed by atoms with Gasteiger partial charge in [-0.15, -0.1) is 0 Å². The summed E-state index contributed by atoms with van der Waals surface area (Å²) in [4.78, 5) is 34.8. The van der Waals surface area contributed by atoms with E-state index in [1.54, 1.807) is 19.1 Å². The van der Waals surface area contributed by atoms with E-state index in [4.69, 9.17) is 5.11 Å². The summed E-state index contributed by atoms with van der Waals surface area (Å²) in [5, 5.41) is 8.58. The number of carbonyl (C=O) groups is 3. The minimum absolute atomic E-state index is 0.135. The van der Waals surface area contributed by atoms with Gasteiger partial charge in [-0.05, 0) is 30.5 Å². The Bertz CT molecular complexity index is 494. The molecular formula is C17H25NO4. The predicted octanol–water partition coefficient (Wildman–Crippen LogP) is 3.41. The Hall–Kier alpha value is -2.17. The number of aryl methyl sites for hydroxylation is 1. The Kier molecular flexibility index (Phi) is 9.50. The first-order valence-electron chi connectivity index (χ1n) is 7.60. The van der Waals surface area contributed by atoms with Gasteiger partial charge in [0.25, 0.3) is 0 Å². The van der Waals surface area contributed by atoms with Crippen LogP contribution in [-0.4, -0.2) is 22.9 Å². The molecule has 0 aliphatic rings. The quantitative estimate of drug-likeness (QED) is 0.874. The standard InChI is InChI=1S/C15H19NO4.C2H6/c1-3-14(18)16(11(2)17)13-9-7-12(8-10-13)5-4-6-15(19)20;1-2/h7-10H,3-6H2,1-2H3,(H,19,20);1-2H3.